The minimum atomic E-state index is -3.57. The zero-order chi connectivity index (χ0) is 23.8. The van der Waals surface area contributed by atoms with Crippen LogP contribution in [-0.2, 0) is 38.9 Å². The van der Waals surface area contributed by atoms with Crippen molar-refractivity contribution in [3.8, 4) is 11.5 Å². The van der Waals surface area contributed by atoms with Gasteiger partial charge >= 0.3 is 5.97 Å². The summed E-state index contributed by atoms with van der Waals surface area (Å²) in [6.45, 7) is 2.88. The number of carbonyl (C=O) groups is 1. The Labute approximate surface area is 195 Å². The number of esters is 1. The van der Waals surface area contributed by atoms with Gasteiger partial charge in [0.25, 0.3) is 0 Å². The van der Waals surface area contributed by atoms with E-state index in [1.54, 1.807) is 38.5 Å². The number of carbonyl (C=O) groups excluding carboxylic acids is 1. The molecule has 1 aliphatic heterocycles. The highest BCUT2D eigenvalue weighted by molar-refractivity contribution is 7.89. The molecule has 8 nitrogen and oxygen atoms in total. The number of nitrogens with zero attached hydrogens (tertiary/aromatic N) is 1. The molecule has 1 N–H and O–H groups in total. The molecule has 0 atom stereocenters. The number of hydrogen-bond acceptors (Lipinski definition) is 7. The molecule has 0 radical (unpaired) electrons. The minimum Gasteiger partial charge on any atom is -0.493 e. The van der Waals surface area contributed by atoms with Gasteiger partial charge in [-0.2, -0.15) is 0 Å². The van der Waals surface area contributed by atoms with E-state index in [0.717, 1.165) is 43.1 Å². The first-order valence-corrected chi connectivity index (χ1v) is 12.5. The Kier molecular flexibility index (Phi) is 8.71. The maximum Gasteiger partial charge on any atom is 0.305 e. The first-order chi connectivity index (χ1) is 15.9. The van der Waals surface area contributed by atoms with Gasteiger partial charge in [0.15, 0.2) is 11.5 Å². The van der Waals surface area contributed by atoms with Gasteiger partial charge in [0, 0.05) is 26.1 Å². The Morgan fingerprint density at radius 2 is 1.70 bits per heavy atom. The molecule has 0 bridgehead atoms. The second kappa shape index (κ2) is 11.5. The fourth-order valence-electron chi connectivity index (χ4n) is 3.91. The number of nitrogens with one attached hydrogen (secondary N) is 1. The van der Waals surface area contributed by atoms with Crippen LogP contribution in [0.5, 0.6) is 11.5 Å². The molecule has 0 unspecified atom stereocenters. The summed E-state index contributed by atoms with van der Waals surface area (Å²) in [4.78, 5) is 13.8. The molecule has 1 aliphatic rings. The van der Waals surface area contributed by atoms with Crippen molar-refractivity contribution in [3.05, 3.63) is 53.1 Å². The first kappa shape index (κ1) is 25.0. The molecule has 0 aromatic heterocycles. The van der Waals surface area contributed by atoms with Crippen LogP contribution in [-0.4, -0.2) is 60.3 Å². The third-order valence-corrected chi connectivity index (χ3v) is 7.30. The second-order valence-electron chi connectivity index (χ2n) is 7.97. The molecular formula is C24H32N2O6S. The fraction of sp³-hybridized carbons (Fsp3) is 0.458. The second-order valence-corrected chi connectivity index (χ2v) is 9.74. The van der Waals surface area contributed by atoms with Crippen LogP contribution in [0.4, 0.5) is 0 Å². The van der Waals surface area contributed by atoms with E-state index in [0.29, 0.717) is 19.4 Å². The number of methoxy groups -OCH3 is 3. The van der Waals surface area contributed by atoms with E-state index >= 15 is 0 Å². The van der Waals surface area contributed by atoms with Crippen LogP contribution in [0.1, 0.15) is 29.5 Å². The van der Waals surface area contributed by atoms with Crippen LogP contribution in [0.25, 0.3) is 0 Å². The summed E-state index contributed by atoms with van der Waals surface area (Å²) >= 11 is 0. The van der Waals surface area contributed by atoms with E-state index in [1.165, 1.54) is 18.2 Å². The van der Waals surface area contributed by atoms with Crippen LogP contribution in [0.2, 0.25) is 0 Å². The number of ether oxygens (including phenoxy) is 3. The lowest BCUT2D eigenvalue weighted by molar-refractivity contribution is -0.140. The lowest BCUT2D eigenvalue weighted by Crippen LogP contribution is -2.33. The number of aryl methyl sites for hydroxylation is 1. The van der Waals surface area contributed by atoms with E-state index in [2.05, 4.69) is 14.4 Å². The van der Waals surface area contributed by atoms with Crippen molar-refractivity contribution < 1.29 is 27.4 Å². The highest BCUT2D eigenvalue weighted by Gasteiger charge is 2.20. The summed E-state index contributed by atoms with van der Waals surface area (Å²) in [5.41, 5.74) is 3.37. The summed E-state index contributed by atoms with van der Waals surface area (Å²) < 4.78 is 43.3. The monoisotopic (exact) mass is 476 g/mol. The van der Waals surface area contributed by atoms with Crippen molar-refractivity contribution in [2.45, 2.75) is 37.1 Å². The average molecular weight is 477 g/mol. The van der Waals surface area contributed by atoms with E-state index < -0.39 is 10.0 Å². The Bertz CT molecular complexity index is 1050. The van der Waals surface area contributed by atoms with Crippen molar-refractivity contribution in [1.29, 1.82) is 0 Å². The molecule has 0 fully saturated rings. The minimum absolute atomic E-state index is 0.220. The molecule has 9 heteroatoms. The van der Waals surface area contributed by atoms with Gasteiger partial charge in [-0.3, -0.25) is 9.69 Å². The number of rotatable bonds is 11. The summed E-state index contributed by atoms with van der Waals surface area (Å²) in [6.07, 6.45) is 2.41. The third kappa shape index (κ3) is 6.69. The van der Waals surface area contributed by atoms with Crippen LogP contribution in [0.3, 0.4) is 0 Å². The maximum absolute atomic E-state index is 12.6. The normalized spacial score (nSPS) is 13.9. The molecule has 0 amide bonds. The van der Waals surface area contributed by atoms with Crippen LogP contribution in [0.15, 0.2) is 41.3 Å². The molecule has 1 heterocycles. The lowest BCUT2D eigenvalue weighted by Gasteiger charge is -2.29. The zero-order valence-corrected chi connectivity index (χ0v) is 20.2. The number of sulfonamides is 1. The van der Waals surface area contributed by atoms with Gasteiger partial charge in [0.1, 0.15) is 0 Å². The Morgan fingerprint density at radius 1 is 1.03 bits per heavy atom. The Morgan fingerprint density at radius 3 is 2.33 bits per heavy atom. The van der Waals surface area contributed by atoms with Gasteiger partial charge in [0.05, 0.1) is 26.2 Å². The Hall–Kier alpha value is -2.62. The van der Waals surface area contributed by atoms with Gasteiger partial charge in [-0.25, -0.2) is 13.1 Å². The SMILES string of the molecule is COC(=O)CCc1ccc(S(=O)(=O)NCCCN2CCc3cc(OC)c(OC)cc3C2)cc1. The topological polar surface area (TPSA) is 94.2 Å². The van der Waals surface area contributed by atoms with Gasteiger partial charge in [-0.15, -0.1) is 0 Å². The van der Waals surface area contributed by atoms with E-state index in [4.69, 9.17) is 9.47 Å². The predicted octanol–water partition coefficient (Wildman–Crippen LogP) is 2.54. The molecule has 180 valence electrons. The predicted molar refractivity (Wildman–Crippen MR) is 125 cm³/mol. The van der Waals surface area contributed by atoms with Gasteiger partial charge < -0.3 is 14.2 Å². The van der Waals surface area contributed by atoms with Crippen molar-refractivity contribution >= 4 is 16.0 Å². The standard InChI is InChI=1S/C24H32N2O6S/c1-30-22-15-19-11-14-26(17-20(19)16-23(22)31-2)13-4-12-25-33(28,29)21-8-5-18(6-9-21)7-10-24(27)32-3/h5-6,8-9,15-16,25H,4,7,10-14,17H2,1-3H3. The molecule has 2 aromatic carbocycles. The number of benzene rings is 2. The molecule has 2 aromatic rings. The van der Waals surface area contributed by atoms with Crippen molar-refractivity contribution in [2.24, 2.45) is 0 Å². The van der Waals surface area contributed by atoms with Gasteiger partial charge in [0.2, 0.25) is 10.0 Å². The van der Waals surface area contributed by atoms with Crippen LogP contribution < -0.4 is 14.2 Å². The molecule has 0 saturated heterocycles. The summed E-state index contributed by atoms with van der Waals surface area (Å²) in [5.74, 6) is 1.18. The largest absolute Gasteiger partial charge is 0.493 e. The molecule has 33 heavy (non-hydrogen) atoms. The van der Waals surface area contributed by atoms with Crippen molar-refractivity contribution in [3.63, 3.8) is 0 Å². The maximum atomic E-state index is 12.6. The quantitative estimate of drug-likeness (QED) is 0.393. The van der Waals surface area contributed by atoms with Crippen molar-refractivity contribution in [2.75, 3.05) is 41.0 Å². The highest BCUT2D eigenvalue weighted by Crippen LogP contribution is 2.33. The first-order valence-electron chi connectivity index (χ1n) is 11.0. The van der Waals surface area contributed by atoms with Crippen molar-refractivity contribution in [1.82, 2.24) is 9.62 Å². The molecule has 3 rings (SSSR count). The summed E-state index contributed by atoms with van der Waals surface area (Å²) in [5, 5.41) is 0. The summed E-state index contributed by atoms with van der Waals surface area (Å²) in [7, 11) is 1.05. The lowest BCUT2D eigenvalue weighted by atomic mass is 9.98. The Balaban J connectivity index is 1.47. The smallest absolute Gasteiger partial charge is 0.305 e. The molecule has 0 spiro atoms. The molecular weight excluding hydrogens is 444 g/mol. The number of fused-ring (bicyclic) bond motifs is 1. The van der Waals surface area contributed by atoms with E-state index in [9.17, 15) is 13.2 Å². The van der Waals surface area contributed by atoms with Crippen LogP contribution in [0, 0.1) is 0 Å². The zero-order valence-electron chi connectivity index (χ0n) is 19.4. The van der Waals surface area contributed by atoms with Gasteiger partial charge in [-0.1, -0.05) is 12.1 Å². The number of hydrogen-bond donors (Lipinski definition) is 1. The van der Waals surface area contributed by atoms with E-state index in [-0.39, 0.29) is 17.3 Å². The molecule has 0 saturated carbocycles. The molecule has 0 aliphatic carbocycles. The third-order valence-electron chi connectivity index (χ3n) is 5.82. The summed E-state index contributed by atoms with van der Waals surface area (Å²) in [6, 6.07) is 10.7. The highest BCUT2D eigenvalue weighted by atomic mass is 32.2. The van der Waals surface area contributed by atoms with E-state index in [1.807, 2.05) is 12.1 Å². The van der Waals surface area contributed by atoms with Gasteiger partial charge in [-0.05, 0) is 66.8 Å². The fourth-order valence-corrected chi connectivity index (χ4v) is 4.98. The average Bonchev–Trinajstić information content (AvgIpc) is 2.84. The van der Waals surface area contributed by atoms with Crippen LogP contribution >= 0.6 is 0 Å².